The predicted molar refractivity (Wildman–Crippen MR) is 124 cm³/mol. The number of halogens is 2. The molecule has 0 bridgehead atoms. The molecular weight excluding hydrogens is 437 g/mol. The van der Waals surface area contributed by atoms with Crippen LogP contribution in [0.5, 0.6) is 5.75 Å². The second kappa shape index (κ2) is 9.76. The third-order valence-electron chi connectivity index (χ3n) is 6.01. The van der Waals surface area contributed by atoms with Crippen LogP contribution in [0.1, 0.15) is 43.7 Å². The number of rotatable bonds is 6. The van der Waals surface area contributed by atoms with Crippen molar-refractivity contribution >= 4 is 34.6 Å². The lowest BCUT2D eigenvalue weighted by molar-refractivity contribution is 0.0632. The number of benzene rings is 2. The van der Waals surface area contributed by atoms with Crippen molar-refractivity contribution in [1.29, 1.82) is 0 Å². The molecule has 1 saturated carbocycles. The van der Waals surface area contributed by atoms with E-state index >= 15 is 0 Å². The molecule has 4 atom stereocenters. The predicted octanol–water partition coefficient (Wildman–Crippen LogP) is 4.52. The Morgan fingerprint density at radius 1 is 1.13 bits per heavy atom. The highest BCUT2D eigenvalue weighted by Gasteiger charge is 2.35. The number of aliphatic hydroxyl groups is 2. The van der Waals surface area contributed by atoms with E-state index in [0.717, 1.165) is 37.0 Å². The Balaban J connectivity index is 1.61. The Bertz CT molecular complexity index is 938. The summed E-state index contributed by atoms with van der Waals surface area (Å²) < 4.78 is 5.28. The molecule has 0 radical (unpaired) electrons. The highest BCUT2D eigenvalue weighted by molar-refractivity contribution is 6.36. The Morgan fingerprint density at radius 2 is 1.87 bits per heavy atom. The molecule has 2 aromatic carbocycles. The summed E-state index contributed by atoms with van der Waals surface area (Å²) >= 11 is 12.6. The van der Waals surface area contributed by atoms with Gasteiger partial charge in [0, 0.05) is 17.5 Å². The zero-order valence-corrected chi connectivity index (χ0v) is 18.9. The Hall–Kier alpha value is -1.83. The highest BCUT2D eigenvalue weighted by atomic mass is 35.5. The number of methoxy groups -OCH3 is 1. The summed E-state index contributed by atoms with van der Waals surface area (Å²) in [5.41, 5.74) is 2.34. The standard InChI is InChI=1S/C23H27Cl2N3O3/c1-31-16-9-6-14(7-10-16)21-13-19(23(30)26-18-4-2-3-5-22(18)29)27-28(21)20-11-8-15(24)12-17(20)25/h6-12,18,21-23,26,29-30H,2-5,13H2,1H3/t18-,21?,22-,23?/m1/s1. The quantitative estimate of drug-likeness (QED) is 0.548. The van der Waals surface area contributed by atoms with Crippen LogP contribution in [0.4, 0.5) is 5.69 Å². The van der Waals surface area contributed by atoms with E-state index in [0.29, 0.717) is 27.9 Å². The van der Waals surface area contributed by atoms with Gasteiger partial charge in [-0.1, -0.05) is 48.2 Å². The van der Waals surface area contributed by atoms with Crippen LogP contribution in [-0.2, 0) is 0 Å². The monoisotopic (exact) mass is 463 g/mol. The van der Waals surface area contributed by atoms with E-state index in [1.807, 2.05) is 35.3 Å². The molecule has 2 aromatic rings. The lowest BCUT2D eigenvalue weighted by atomic mass is 9.92. The molecule has 4 rings (SSSR count). The fourth-order valence-electron chi connectivity index (χ4n) is 4.28. The Morgan fingerprint density at radius 3 is 2.55 bits per heavy atom. The van der Waals surface area contributed by atoms with Crippen molar-refractivity contribution in [1.82, 2.24) is 5.32 Å². The van der Waals surface area contributed by atoms with E-state index < -0.39 is 12.3 Å². The molecule has 2 aliphatic rings. The molecule has 8 heteroatoms. The molecule has 3 N–H and O–H groups in total. The molecule has 1 fully saturated rings. The molecule has 1 aliphatic heterocycles. The van der Waals surface area contributed by atoms with E-state index in [-0.39, 0.29) is 12.1 Å². The second-order valence-corrected chi connectivity index (χ2v) is 8.90. The van der Waals surface area contributed by atoms with Crippen molar-refractivity contribution in [3.05, 3.63) is 58.1 Å². The fraction of sp³-hybridized carbons (Fsp3) is 0.435. The lowest BCUT2D eigenvalue weighted by Gasteiger charge is -2.30. The maximum Gasteiger partial charge on any atom is 0.146 e. The van der Waals surface area contributed by atoms with Crippen LogP contribution >= 0.6 is 23.2 Å². The van der Waals surface area contributed by atoms with Crippen molar-refractivity contribution in [2.45, 2.75) is 56.5 Å². The first-order chi connectivity index (χ1) is 15.0. The third-order valence-corrected chi connectivity index (χ3v) is 6.55. The van der Waals surface area contributed by atoms with E-state index in [1.54, 1.807) is 19.2 Å². The number of hydrogen-bond acceptors (Lipinski definition) is 6. The molecule has 0 amide bonds. The van der Waals surface area contributed by atoms with Gasteiger partial charge in [-0.25, -0.2) is 0 Å². The van der Waals surface area contributed by atoms with Gasteiger partial charge in [-0.15, -0.1) is 0 Å². The molecule has 1 aliphatic carbocycles. The molecule has 0 saturated heterocycles. The maximum absolute atomic E-state index is 10.9. The SMILES string of the molecule is COc1ccc(C2CC(C(O)N[C@@H]3CCCC[C@H]3O)=NN2c2ccc(Cl)cc2Cl)cc1. The van der Waals surface area contributed by atoms with Crippen LogP contribution in [-0.4, -0.2) is 41.4 Å². The van der Waals surface area contributed by atoms with Crippen molar-refractivity contribution in [3.8, 4) is 5.75 Å². The number of hydrogen-bond donors (Lipinski definition) is 3. The first-order valence-corrected chi connectivity index (χ1v) is 11.3. The zero-order valence-electron chi connectivity index (χ0n) is 17.3. The fourth-order valence-corrected chi connectivity index (χ4v) is 4.77. The number of nitrogens with one attached hydrogen (secondary N) is 1. The molecule has 2 unspecified atom stereocenters. The van der Waals surface area contributed by atoms with Crippen molar-refractivity contribution < 1.29 is 14.9 Å². The summed E-state index contributed by atoms with van der Waals surface area (Å²) in [6.45, 7) is 0. The van der Waals surface area contributed by atoms with Gasteiger partial charge < -0.3 is 14.9 Å². The summed E-state index contributed by atoms with van der Waals surface area (Å²) in [4.78, 5) is 0. The van der Waals surface area contributed by atoms with Gasteiger partial charge in [-0.2, -0.15) is 5.10 Å². The van der Waals surface area contributed by atoms with Crippen molar-refractivity contribution in [3.63, 3.8) is 0 Å². The van der Waals surface area contributed by atoms with Crippen LogP contribution in [0.15, 0.2) is 47.6 Å². The van der Waals surface area contributed by atoms with Crippen molar-refractivity contribution in [2.24, 2.45) is 5.10 Å². The first-order valence-electron chi connectivity index (χ1n) is 10.5. The number of hydrazone groups is 1. The van der Waals surface area contributed by atoms with Gasteiger partial charge in [0.2, 0.25) is 0 Å². The largest absolute Gasteiger partial charge is 0.497 e. The second-order valence-electron chi connectivity index (χ2n) is 8.05. The van der Waals surface area contributed by atoms with E-state index in [2.05, 4.69) is 5.32 Å². The molecule has 0 aromatic heterocycles. The topological polar surface area (TPSA) is 77.3 Å². The summed E-state index contributed by atoms with van der Waals surface area (Å²) in [6, 6.07) is 12.8. The summed E-state index contributed by atoms with van der Waals surface area (Å²) in [5, 5.41) is 31.9. The minimum atomic E-state index is -0.949. The van der Waals surface area contributed by atoms with E-state index in [9.17, 15) is 10.2 Å². The summed E-state index contributed by atoms with van der Waals surface area (Å²) in [7, 11) is 1.63. The van der Waals surface area contributed by atoms with Crippen LogP contribution in [0, 0.1) is 0 Å². The van der Waals surface area contributed by atoms with Gasteiger partial charge in [-0.3, -0.25) is 10.3 Å². The smallest absolute Gasteiger partial charge is 0.146 e. The average Bonchev–Trinajstić information content (AvgIpc) is 3.20. The van der Waals surface area contributed by atoms with Crippen molar-refractivity contribution in [2.75, 3.05) is 12.1 Å². The Kier molecular flexibility index (Phi) is 7.04. The van der Waals surface area contributed by atoms with Gasteiger partial charge in [0.15, 0.2) is 0 Å². The number of nitrogens with zero attached hydrogens (tertiary/aromatic N) is 2. The molecular formula is C23H27Cl2N3O3. The number of anilines is 1. The normalized spacial score (nSPS) is 24.7. The molecule has 166 valence electrons. The van der Waals surface area contributed by atoms with Crippen LogP contribution in [0.3, 0.4) is 0 Å². The van der Waals surface area contributed by atoms with Gasteiger partial charge in [0.25, 0.3) is 0 Å². The van der Waals surface area contributed by atoms with Gasteiger partial charge >= 0.3 is 0 Å². The molecule has 6 nitrogen and oxygen atoms in total. The molecule has 1 heterocycles. The minimum Gasteiger partial charge on any atom is -0.497 e. The molecule has 0 spiro atoms. The lowest BCUT2D eigenvalue weighted by Crippen LogP contribution is -2.49. The highest BCUT2D eigenvalue weighted by Crippen LogP contribution is 2.40. The first kappa shape index (κ1) is 22.4. The van der Waals surface area contributed by atoms with Crippen LogP contribution < -0.4 is 15.1 Å². The Labute approximate surface area is 192 Å². The van der Waals surface area contributed by atoms with Gasteiger partial charge in [0.1, 0.15) is 12.0 Å². The van der Waals surface area contributed by atoms with Crippen LogP contribution in [0.25, 0.3) is 0 Å². The van der Waals surface area contributed by atoms with Crippen LogP contribution in [0.2, 0.25) is 10.0 Å². The van der Waals surface area contributed by atoms with Gasteiger partial charge in [-0.05, 0) is 48.7 Å². The average molecular weight is 464 g/mol. The van der Waals surface area contributed by atoms with Gasteiger partial charge in [0.05, 0.1) is 35.7 Å². The summed E-state index contributed by atoms with van der Waals surface area (Å²) in [6.07, 6.45) is 2.74. The number of ether oxygens (including phenoxy) is 1. The zero-order chi connectivity index (χ0) is 22.0. The summed E-state index contributed by atoms with van der Waals surface area (Å²) in [5.74, 6) is 0.770. The van der Waals surface area contributed by atoms with E-state index in [4.69, 9.17) is 33.0 Å². The van der Waals surface area contributed by atoms with E-state index in [1.165, 1.54) is 0 Å². The third kappa shape index (κ3) is 4.99. The maximum atomic E-state index is 10.9. The molecule has 31 heavy (non-hydrogen) atoms. The number of aliphatic hydroxyl groups excluding tert-OH is 2. The minimum absolute atomic E-state index is 0.140.